The Morgan fingerprint density at radius 2 is 0.808 bits per heavy atom. The molecule has 0 bridgehead atoms. The zero-order chi connectivity index (χ0) is 19.8. The first-order valence-electron chi connectivity index (χ1n) is 10.2. The maximum Gasteiger partial charge on any atom is 0.00850 e. The molecule has 0 nitrogen and oxygen atoms in total. The summed E-state index contributed by atoms with van der Waals surface area (Å²) in [6.07, 6.45) is 21.2. The van der Waals surface area contributed by atoms with E-state index in [-0.39, 0.29) is 0 Å². The summed E-state index contributed by atoms with van der Waals surface area (Å²) >= 11 is 4.24. The molecule has 26 heavy (non-hydrogen) atoms. The summed E-state index contributed by atoms with van der Waals surface area (Å²) in [6.45, 7) is 13.3. The molecular formula is C25H42S. The van der Waals surface area contributed by atoms with Crippen molar-refractivity contribution in [3.8, 4) is 0 Å². The lowest BCUT2D eigenvalue weighted by molar-refractivity contribution is 0.891. The second-order valence-corrected chi connectivity index (χ2v) is 8.19. The van der Waals surface area contributed by atoms with Crippen molar-refractivity contribution >= 4 is 12.6 Å². The van der Waals surface area contributed by atoms with Gasteiger partial charge in [0.15, 0.2) is 0 Å². The highest BCUT2D eigenvalue weighted by Gasteiger charge is 1.94. The maximum atomic E-state index is 4.24. The molecule has 0 fully saturated rings. The van der Waals surface area contributed by atoms with Gasteiger partial charge in [-0.15, -0.1) is 0 Å². The second kappa shape index (κ2) is 16.2. The van der Waals surface area contributed by atoms with Crippen LogP contribution in [-0.4, -0.2) is 5.75 Å². The molecule has 0 N–H and O–H groups in total. The van der Waals surface area contributed by atoms with E-state index in [2.05, 4.69) is 84.6 Å². The molecule has 0 atom stereocenters. The zero-order valence-corrected chi connectivity index (χ0v) is 19.1. The van der Waals surface area contributed by atoms with Gasteiger partial charge in [-0.2, -0.15) is 12.6 Å². The minimum Gasteiger partial charge on any atom is -0.175 e. The third-order valence-corrected chi connectivity index (χ3v) is 4.81. The second-order valence-electron chi connectivity index (χ2n) is 7.82. The Kier molecular flexibility index (Phi) is 15.6. The molecule has 0 aromatic rings. The molecule has 0 aliphatic rings. The van der Waals surface area contributed by atoms with Gasteiger partial charge in [0.2, 0.25) is 0 Å². The molecule has 0 aromatic heterocycles. The van der Waals surface area contributed by atoms with Crippen LogP contribution in [0.25, 0.3) is 0 Å². The van der Waals surface area contributed by atoms with Crippen LogP contribution in [0.4, 0.5) is 0 Å². The highest BCUT2D eigenvalue weighted by Crippen LogP contribution is 2.14. The minimum atomic E-state index is 0.850. The predicted octanol–water partition coefficient (Wildman–Crippen LogP) is 8.79. The van der Waals surface area contributed by atoms with Gasteiger partial charge in [-0.3, -0.25) is 0 Å². The third-order valence-electron chi connectivity index (χ3n) is 4.63. The fourth-order valence-electron chi connectivity index (χ4n) is 2.79. The molecule has 0 radical (unpaired) electrons. The van der Waals surface area contributed by atoms with Crippen LogP contribution in [-0.2, 0) is 0 Å². The van der Waals surface area contributed by atoms with Crippen molar-refractivity contribution in [1.29, 1.82) is 0 Å². The summed E-state index contributed by atoms with van der Waals surface area (Å²) in [5.74, 6) is 0.850. The lowest BCUT2D eigenvalue weighted by Gasteiger charge is -2.03. The van der Waals surface area contributed by atoms with Crippen molar-refractivity contribution in [3.63, 3.8) is 0 Å². The van der Waals surface area contributed by atoms with Gasteiger partial charge in [-0.05, 0) is 92.9 Å². The van der Waals surface area contributed by atoms with Crippen LogP contribution in [0, 0.1) is 0 Å². The lowest BCUT2D eigenvalue weighted by Crippen LogP contribution is -1.83. The van der Waals surface area contributed by atoms with Crippen molar-refractivity contribution in [2.75, 3.05) is 5.75 Å². The minimum absolute atomic E-state index is 0.850. The highest BCUT2D eigenvalue weighted by molar-refractivity contribution is 7.80. The Bertz CT molecular complexity index is 522. The van der Waals surface area contributed by atoms with E-state index in [9.17, 15) is 0 Å². The van der Waals surface area contributed by atoms with Crippen LogP contribution in [0.2, 0.25) is 0 Å². The van der Waals surface area contributed by atoms with E-state index in [0.717, 1.165) is 18.6 Å². The first-order valence-corrected chi connectivity index (χ1v) is 10.8. The molecule has 0 rings (SSSR count). The lowest BCUT2D eigenvalue weighted by atomic mass is 10.0. The average molecular weight is 375 g/mol. The molecule has 148 valence electrons. The van der Waals surface area contributed by atoms with E-state index >= 15 is 0 Å². The van der Waals surface area contributed by atoms with Crippen LogP contribution in [0.3, 0.4) is 0 Å². The largest absolute Gasteiger partial charge is 0.175 e. The molecule has 0 aliphatic heterocycles. The summed E-state index contributed by atoms with van der Waals surface area (Å²) in [6, 6.07) is 0. The molecule has 0 saturated heterocycles. The van der Waals surface area contributed by atoms with E-state index in [1.54, 1.807) is 0 Å². The maximum absolute atomic E-state index is 4.24. The van der Waals surface area contributed by atoms with E-state index in [1.807, 2.05) is 0 Å². The van der Waals surface area contributed by atoms with Gasteiger partial charge in [0, 0.05) is 5.75 Å². The quantitative estimate of drug-likeness (QED) is 0.241. The van der Waals surface area contributed by atoms with Gasteiger partial charge >= 0.3 is 0 Å². The van der Waals surface area contributed by atoms with Crippen LogP contribution < -0.4 is 0 Å². The van der Waals surface area contributed by atoms with Gasteiger partial charge < -0.3 is 0 Å². The topological polar surface area (TPSA) is 0 Å². The van der Waals surface area contributed by atoms with Crippen molar-refractivity contribution < 1.29 is 0 Å². The van der Waals surface area contributed by atoms with Gasteiger partial charge in [-0.25, -0.2) is 0 Å². The molecule has 0 spiro atoms. The monoisotopic (exact) mass is 374 g/mol. The number of thiol groups is 1. The number of rotatable bonds is 13. The molecule has 0 heterocycles. The number of hydrogen-bond donors (Lipinski definition) is 1. The molecule has 0 aromatic carbocycles. The van der Waals surface area contributed by atoms with Gasteiger partial charge in [0.25, 0.3) is 0 Å². The van der Waals surface area contributed by atoms with E-state index < -0.39 is 0 Å². The fraction of sp³-hybridized carbons (Fsp3) is 0.600. The van der Waals surface area contributed by atoms with Crippen LogP contribution >= 0.6 is 12.6 Å². The summed E-state index contributed by atoms with van der Waals surface area (Å²) in [4.78, 5) is 0. The summed E-state index contributed by atoms with van der Waals surface area (Å²) < 4.78 is 0. The Hall–Kier alpha value is -0.950. The van der Waals surface area contributed by atoms with Crippen LogP contribution in [0.5, 0.6) is 0 Å². The smallest absolute Gasteiger partial charge is 0.00850 e. The fourth-order valence-corrected chi connectivity index (χ4v) is 3.10. The van der Waals surface area contributed by atoms with Gasteiger partial charge in [0.1, 0.15) is 0 Å². The van der Waals surface area contributed by atoms with Crippen molar-refractivity contribution in [2.24, 2.45) is 0 Å². The average Bonchev–Trinajstić information content (AvgIpc) is 2.54. The first kappa shape index (κ1) is 25.1. The Morgan fingerprint density at radius 3 is 1.12 bits per heavy atom. The van der Waals surface area contributed by atoms with Gasteiger partial charge in [0.05, 0.1) is 0 Å². The molecule has 1 heteroatoms. The van der Waals surface area contributed by atoms with E-state index in [0.29, 0.717) is 0 Å². The molecule has 0 unspecified atom stereocenters. The summed E-state index contributed by atoms with van der Waals surface area (Å²) in [5.41, 5.74) is 7.44. The third kappa shape index (κ3) is 16.5. The number of hydrogen-bond acceptors (Lipinski definition) is 1. The first-order chi connectivity index (χ1) is 12.3. The van der Waals surface area contributed by atoms with E-state index in [1.165, 1.54) is 66.4 Å². The molecule has 0 saturated carbocycles. The normalized spacial score (nSPS) is 14.0. The Morgan fingerprint density at radius 1 is 0.500 bits per heavy atom. The summed E-state index contributed by atoms with van der Waals surface area (Å²) in [5, 5.41) is 0. The van der Waals surface area contributed by atoms with Crippen molar-refractivity contribution in [3.05, 3.63) is 58.2 Å². The predicted molar refractivity (Wildman–Crippen MR) is 125 cm³/mol. The zero-order valence-electron chi connectivity index (χ0n) is 18.2. The van der Waals surface area contributed by atoms with Crippen molar-refractivity contribution in [2.45, 2.75) is 92.9 Å². The molecule has 0 amide bonds. The number of allylic oxidation sites excluding steroid dienone is 9. The van der Waals surface area contributed by atoms with E-state index in [4.69, 9.17) is 0 Å². The van der Waals surface area contributed by atoms with Crippen molar-refractivity contribution in [1.82, 2.24) is 0 Å². The summed E-state index contributed by atoms with van der Waals surface area (Å²) in [7, 11) is 0. The molecular weight excluding hydrogens is 332 g/mol. The van der Waals surface area contributed by atoms with Crippen LogP contribution in [0.15, 0.2) is 58.2 Å². The molecule has 0 aliphatic carbocycles. The Balaban J connectivity index is 4.03. The Labute approximate surface area is 169 Å². The SMILES string of the molecule is CC(C)=CCC/C(C)=C/CC/C(C)=C/CC/C(C)=C/CC/C(C)=C/CS. The standard InChI is InChI=1S/C25H42S/c1-21(2)11-7-12-22(3)13-8-14-23(4)15-9-16-24(5)17-10-18-25(6)19-20-26/h11,13,15,17,19,26H,7-10,12,14,16,18,20H2,1-6H3/b22-13+,23-15+,24-17+,25-19+. The van der Waals surface area contributed by atoms with Gasteiger partial charge in [-0.1, -0.05) is 58.2 Å². The highest BCUT2D eigenvalue weighted by atomic mass is 32.1. The van der Waals surface area contributed by atoms with Crippen LogP contribution in [0.1, 0.15) is 92.9 Å².